The fourth-order valence-electron chi connectivity index (χ4n) is 3.46. The van der Waals surface area contributed by atoms with Crippen molar-refractivity contribution in [2.75, 3.05) is 18.4 Å². The van der Waals surface area contributed by atoms with Crippen LogP contribution in [0.3, 0.4) is 0 Å². The number of likely N-dealkylation sites (tertiary alicyclic amines) is 1. The minimum atomic E-state index is -0.0531. The van der Waals surface area contributed by atoms with Gasteiger partial charge in [-0.3, -0.25) is 0 Å². The molecule has 5 nitrogen and oxygen atoms in total. The number of nitrogens with one attached hydrogen (secondary N) is 1. The minimum Gasteiger partial charge on any atom is -0.328 e. The van der Waals surface area contributed by atoms with E-state index in [1.165, 1.54) is 0 Å². The van der Waals surface area contributed by atoms with Crippen molar-refractivity contribution in [1.82, 2.24) is 4.90 Å². The maximum Gasteiger partial charge on any atom is 0.321 e. The second kappa shape index (κ2) is 5.74. The van der Waals surface area contributed by atoms with Gasteiger partial charge in [-0.15, -0.1) is 0 Å². The molecule has 3 atom stereocenters. The summed E-state index contributed by atoms with van der Waals surface area (Å²) >= 11 is 0. The lowest BCUT2D eigenvalue weighted by Crippen LogP contribution is -2.33. The Balaban J connectivity index is 1.60. The number of nitrogens with zero attached hydrogens (tertiary/aromatic N) is 2. The first-order valence-electron chi connectivity index (χ1n) is 7.47. The molecule has 1 aliphatic heterocycles. The predicted molar refractivity (Wildman–Crippen MR) is 80.6 cm³/mol. The van der Waals surface area contributed by atoms with Crippen LogP contribution in [-0.2, 0) is 0 Å². The molecule has 0 bridgehead atoms. The van der Waals surface area contributed by atoms with Gasteiger partial charge in [0.1, 0.15) is 0 Å². The van der Waals surface area contributed by atoms with Crippen molar-refractivity contribution >= 4 is 11.7 Å². The number of benzene rings is 1. The summed E-state index contributed by atoms with van der Waals surface area (Å²) in [5.41, 5.74) is 7.34. The van der Waals surface area contributed by atoms with E-state index in [0.29, 0.717) is 23.4 Å². The normalized spacial score (nSPS) is 27.8. The predicted octanol–water partition coefficient (Wildman–Crippen LogP) is 2.15. The highest BCUT2D eigenvalue weighted by atomic mass is 16.2. The summed E-state index contributed by atoms with van der Waals surface area (Å²) < 4.78 is 0. The van der Waals surface area contributed by atoms with E-state index in [1.54, 1.807) is 24.3 Å². The van der Waals surface area contributed by atoms with Gasteiger partial charge in [-0.1, -0.05) is 0 Å². The first kappa shape index (κ1) is 13.9. The molecule has 1 aliphatic carbocycles. The van der Waals surface area contributed by atoms with E-state index < -0.39 is 0 Å². The van der Waals surface area contributed by atoms with Crippen molar-refractivity contribution in [2.45, 2.75) is 25.3 Å². The highest BCUT2D eigenvalue weighted by Gasteiger charge is 2.38. The number of rotatable bonds is 1. The number of carbonyl (C=O) groups excluding carboxylic acids is 1. The number of nitriles is 1. The Morgan fingerprint density at radius 3 is 2.67 bits per heavy atom. The van der Waals surface area contributed by atoms with E-state index in [0.717, 1.165) is 38.0 Å². The summed E-state index contributed by atoms with van der Waals surface area (Å²) in [6.45, 7) is 1.64. The minimum absolute atomic E-state index is 0.0531. The Morgan fingerprint density at radius 1 is 1.24 bits per heavy atom. The molecule has 21 heavy (non-hydrogen) atoms. The molecule has 2 aliphatic rings. The third-order valence-corrected chi connectivity index (χ3v) is 4.64. The van der Waals surface area contributed by atoms with Gasteiger partial charge in [0.2, 0.25) is 0 Å². The molecule has 1 saturated carbocycles. The average molecular weight is 284 g/mol. The summed E-state index contributed by atoms with van der Waals surface area (Å²) in [5.74, 6) is 1.16. The van der Waals surface area contributed by atoms with Gasteiger partial charge in [0.05, 0.1) is 11.6 Å². The number of hydrogen-bond acceptors (Lipinski definition) is 3. The lowest BCUT2D eigenvalue weighted by atomic mass is 9.79. The molecular weight excluding hydrogens is 264 g/mol. The van der Waals surface area contributed by atoms with Crippen LogP contribution >= 0.6 is 0 Å². The fourth-order valence-corrected chi connectivity index (χ4v) is 3.46. The Bertz CT molecular complexity index is 563. The molecule has 0 spiro atoms. The van der Waals surface area contributed by atoms with Crippen LogP contribution in [0.5, 0.6) is 0 Å². The second-order valence-corrected chi connectivity index (χ2v) is 6.12. The van der Waals surface area contributed by atoms with E-state index >= 15 is 0 Å². The van der Waals surface area contributed by atoms with Crippen molar-refractivity contribution in [2.24, 2.45) is 17.6 Å². The number of fused-ring (bicyclic) bond motifs is 1. The first-order valence-corrected chi connectivity index (χ1v) is 7.47. The standard InChI is InChI=1S/C16H20N4O/c17-8-11-1-5-15(6-2-11)19-16(21)20-9-12-3-4-14(18)7-13(12)10-20/h1-2,5-6,12-14H,3-4,7,9-10,18H2,(H,19,21)/t12-,13+,14?/m1/s1. The third kappa shape index (κ3) is 3.01. The summed E-state index contributed by atoms with van der Waals surface area (Å²) in [7, 11) is 0. The van der Waals surface area contributed by atoms with Gasteiger partial charge in [-0.25, -0.2) is 4.79 Å². The van der Waals surface area contributed by atoms with Gasteiger partial charge in [-0.05, 0) is 55.4 Å². The van der Waals surface area contributed by atoms with Crippen LogP contribution in [0, 0.1) is 23.2 Å². The SMILES string of the molecule is N#Cc1ccc(NC(=O)N2C[C@H]3CCC(N)C[C@H]3C2)cc1. The van der Waals surface area contributed by atoms with Crippen molar-refractivity contribution in [1.29, 1.82) is 5.26 Å². The topological polar surface area (TPSA) is 82.2 Å². The molecule has 2 amide bonds. The van der Waals surface area contributed by atoms with E-state index in [1.807, 2.05) is 4.90 Å². The van der Waals surface area contributed by atoms with Crippen LogP contribution < -0.4 is 11.1 Å². The zero-order chi connectivity index (χ0) is 14.8. The quantitative estimate of drug-likeness (QED) is 0.829. The molecule has 0 radical (unpaired) electrons. The molecule has 1 aromatic carbocycles. The van der Waals surface area contributed by atoms with E-state index in [9.17, 15) is 4.79 Å². The number of amides is 2. The van der Waals surface area contributed by atoms with Gasteiger partial charge in [-0.2, -0.15) is 5.26 Å². The van der Waals surface area contributed by atoms with Gasteiger partial charge >= 0.3 is 6.03 Å². The molecule has 1 unspecified atom stereocenters. The van der Waals surface area contributed by atoms with Gasteiger partial charge in [0.15, 0.2) is 0 Å². The van der Waals surface area contributed by atoms with Gasteiger partial charge < -0.3 is 16.0 Å². The Morgan fingerprint density at radius 2 is 1.95 bits per heavy atom. The third-order valence-electron chi connectivity index (χ3n) is 4.64. The van der Waals surface area contributed by atoms with Crippen LogP contribution in [0.4, 0.5) is 10.5 Å². The van der Waals surface area contributed by atoms with Crippen molar-refractivity contribution in [3.63, 3.8) is 0 Å². The summed E-state index contributed by atoms with van der Waals surface area (Å²) in [5, 5.41) is 11.7. The Kier molecular flexibility index (Phi) is 3.80. The van der Waals surface area contributed by atoms with Gasteiger partial charge in [0, 0.05) is 24.8 Å². The summed E-state index contributed by atoms with van der Waals surface area (Å²) in [6, 6.07) is 9.24. The highest BCUT2D eigenvalue weighted by molar-refractivity contribution is 5.89. The number of hydrogen-bond donors (Lipinski definition) is 2. The zero-order valence-electron chi connectivity index (χ0n) is 12.0. The van der Waals surface area contributed by atoms with Crippen molar-refractivity contribution in [3.8, 4) is 6.07 Å². The smallest absolute Gasteiger partial charge is 0.321 e. The zero-order valence-corrected chi connectivity index (χ0v) is 12.0. The number of nitrogens with two attached hydrogens (primary N) is 1. The summed E-state index contributed by atoms with van der Waals surface area (Å²) in [6.07, 6.45) is 3.24. The van der Waals surface area contributed by atoms with E-state index in [4.69, 9.17) is 11.0 Å². The van der Waals surface area contributed by atoms with E-state index in [-0.39, 0.29) is 6.03 Å². The molecule has 0 aromatic heterocycles. The van der Waals surface area contributed by atoms with Crippen LogP contribution in [0.1, 0.15) is 24.8 Å². The molecule has 2 fully saturated rings. The molecule has 1 heterocycles. The van der Waals surface area contributed by atoms with Crippen molar-refractivity contribution < 1.29 is 4.79 Å². The van der Waals surface area contributed by atoms with Crippen LogP contribution in [0.15, 0.2) is 24.3 Å². The number of anilines is 1. The molecule has 1 saturated heterocycles. The molecule has 3 N–H and O–H groups in total. The van der Waals surface area contributed by atoms with Crippen LogP contribution in [-0.4, -0.2) is 30.1 Å². The highest BCUT2D eigenvalue weighted by Crippen LogP contribution is 2.35. The molecule has 5 heteroatoms. The monoisotopic (exact) mass is 284 g/mol. The number of carbonyl (C=O) groups is 1. The Labute approximate surface area is 124 Å². The lowest BCUT2D eigenvalue weighted by Gasteiger charge is -2.27. The van der Waals surface area contributed by atoms with Crippen LogP contribution in [0.25, 0.3) is 0 Å². The maximum absolute atomic E-state index is 12.3. The average Bonchev–Trinajstić information content (AvgIpc) is 2.91. The fraction of sp³-hybridized carbons (Fsp3) is 0.500. The molecular formula is C16H20N4O. The molecule has 1 aromatic rings. The van der Waals surface area contributed by atoms with Gasteiger partial charge in [0.25, 0.3) is 0 Å². The second-order valence-electron chi connectivity index (χ2n) is 6.12. The maximum atomic E-state index is 12.3. The summed E-state index contributed by atoms with van der Waals surface area (Å²) in [4.78, 5) is 14.2. The molecule has 110 valence electrons. The molecule has 3 rings (SSSR count). The van der Waals surface area contributed by atoms with Crippen LogP contribution in [0.2, 0.25) is 0 Å². The lowest BCUT2D eigenvalue weighted by molar-refractivity contribution is 0.220. The Hall–Kier alpha value is -2.06. The van der Waals surface area contributed by atoms with E-state index in [2.05, 4.69) is 11.4 Å². The first-order chi connectivity index (χ1) is 10.2. The van der Waals surface area contributed by atoms with Crippen molar-refractivity contribution in [3.05, 3.63) is 29.8 Å². The largest absolute Gasteiger partial charge is 0.328 e. The number of urea groups is 1.